The number of hydrogen-bond donors (Lipinski definition) is 3. The molecule has 8 nitrogen and oxygen atoms in total. The second-order valence-electron chi connectivity index (χ2n) is 5.80. The molecule has 2 amide bonds. The number of nitrogens with one attached hydrogen (secondary N) is 2. The topological polar surface area (TPSA) is 112 Å². The third-order valence-electron chi connectivity index (χ3n) is 3.76. The summed E-state index contributed by atoms with van der Waals surface area (Å²) >= 11 is 1.15. The molecule has 3 rings (SSSR count). The SMILES string of the molecule is COc1cc(/C=N\N=C2/NC(=O)[C@@H](CC(=O)Nc3ccccc3)S2)ccc1O. The molecule has 0 spiro atoms. The molecule has 0 radical (unpaired) electrons. The quantitative estimate of drug-likeness (QED) is 0.511. The van der Waals surface area contributed by atoms with Crippen molar-refractivity contribution in [3.05, 3.63) is 54.1 Å². The first-order chi connectivity index (χ1) is 13.5. The van der Waals surface area contributed by atoms with E-state index in [0.717, 1.165) is 11.8 Å². The van der Waals surface area contributed by atoms with Gasteiger partial charge in [-0.1, -0.05) is 30.0 Å². The summed E-state index contributed by atoms with van der Waals surface area (Å²) < 4.78 is 5.03. The summed E-state index contributed by atoms with van der Waals surface area (Å²) in [5, 5.41) is 22.6. The van der Waals surface area contributed by atoms with Crippen molar-refractivity contribution in [2.24, 2.45) is 10.2 Å². The lowest BCUT2D eigenvalue weighted by Gasteiger charge is -2.06. The van der Waals surface area contributed by atoms with Crippen molar-refractivity contribution in [1.29, 1.82) is 0 Å². The van der Waals surface area contributed by atoms with Crippen molar-refractivity contribution in [3.8, 4) is 11.5 Å². The van der Waals surface area contributed by atoms with Crippen LogP contribution >= 0.6 is 11.8 Å². The second kappa shape index (κ2) is 9.05. The predicted molar refractivity (Wildman–Crippen MR) is 109 cm³/mol. The number of thioether (sulfide) groups is 1. The van der Waals surface area contributed by atoms with Crippen LogP contribution in [-0.2, 0) is 9.59 Å². The van der Waals surface area contributed by atoms with Crippen molar-refractivity contribution >= 4 is 40.6 Å². The van der Waals surface area contributed by atoms with Crippen LogP contribution in [0.2, 0.25) is 0 Å². The lowest BCUT2D eigenvalue weighted by atomic mass is 10.2. The number of carbonyl (C=O) groups excluding carboxylic acids is 2. The van der Waals surface area contributed by atoms with E-state index in [4.69, 9.17) is 4.74 Å². The average Bonchev–Trinajstić information content (AvgIpc) is 3.03. The molecule has 0 bridgehead atoms. The Kier molecular flexibility index (Phi) is 6.28. The van der Waals surface area contributed by atoms with E-state index in [1.54, 1.807) is 24.3 Å². The van der Waals surface area contributed by atoms with E-state index >= 15 is 0 Å². The minimum Gasteiger partial charge on any atom is -0.504 e. The highest BCUT2D eigenvalue weighted by Gasteiger charge is 2.32. The lowest BCUT2D eigenvalue weighted by molar-refractivity contribution is -0.122. The van der Waals surface area contributed by atoms with Crippen LogP contribution in [0.5, 0.6) is 11.5 Å². The summed E-state index contributed by atoms with van der Waals surface area (Å²) in [6, 6.07) is 13.8. The predicted octanol–water partition coefficient (Wildman–Crippen LogP) is 2.35. The third-order valence-corrected chi connectivity index (χ3v) is 4.84. The van der Waals surface area contributed by atoms with E-state index in [1.165, 1.54) is 19.4 Å². The van der Waals surface area contributed by atoms with Gasteiger partial charge in [0.2, 0.25) is 11.8 Å². The maximum absolute atomic E-state index is 12.1. The fourth-order valence-electron chi connectivity index (χ4n) is 2.41. The van der Waals surface area contributed by atoms with Crippen molar-refractivity contribution in [1.82, 2.24) is 5.32 Å². The number of phenolic OH excluding ortho intramolecular Hbond substituents is 1. The minimum atomic E-state index is -0.563. The molecule has 0 aliphatic carbocycles. The highest BCUT2D eigenvalue weighted by molar-refractivity contribution is 8.15. The zero-order valence-electron chi connectivity index (χ0n) is 15.0. The highest BCUT2D eigenvalue weighted by atomic mass is 32.2. The van der Waals surface area contributed by atoms with Crippen LogP contribution in [0.1, 0.15) is 12.0 Å². The molecule has 1 aliphatic heterocycles. The van der Waals surface area contributed by atoms with Gasteiger partial charge >= 0.3 is 0 Å². The van der Waals surface area contributed by atoms with Crippen molar-refractivity contribution in [2.75, 3.05) is 12.4 Å². The summed E-state index contributed by atoms with van der Waals surface area (Å²) in [5.41, 5.74) is 1.35. The van der Waals surface area contributed by atoms with Gasteiger partial charge in [0.25, 0.3) is 0 Å². The average molecular weight is 398 g/mol. The molecular weight excluding hydrogens is 380 g/mol. The fraction of sp³-hybridized carbons (Fsp3) is 0.158. The number of benzene rings is 2. The van der Waals surface area contributed by atoms with Crippen LogP contribution < -0.4 is 15.4 Å². The maximum atomic E-state index is 12.1. The first-order valence-electron chi connectivity index (χ1n) is 8.35. The number of rotatable bonds is 6. The number of carbonyl (C=O) groups is 2. The van der Waals surface area contributed by atoms with Crippen LogP contribution in [0.15, 0.2) is 58.7 Å². The summed E-state index contributed by atoms with van der Waals surface area (Å²) in [6.07, 6.45) is 1.50. The molecule has 0 aromatic heterocycles. The number of amides is 2. The first-order valence-corrected chi connectivity index (χ1v) is 9.23. The van der Waals surface area contributed by atoms with Gasteiger partial charge in [0.05, 0.1) is 13.3 Å². The van der Waals surface area contributed by atoms with Crippen molar-refractivity contribution in [3.63, 3.8) is 0 Å². The Morgan fingerprint density at radius 2 is 2.11 bits per heavy atom. The van der Waals surface area contributed by atoms with Gasteiger partial charge < -0.3 is 20.5 Å². The number of aromatic hydroxyl groups is 1. The minimum absolute atomic E-state index is 0.0289. The monoisotopic (exact) mass is 398 g/mol. The van der Waals surface area contributed by atoms with E-state index < -0.39 is 5.25 Å². The van der Waals surface area contributed by atoms with E-state index in [1.807, 2.05) is 18.2 Å². The van der Waals surface area contributed by atoms with Crippen LogP contribution in [0.3, 0.4) is 0 Å². The van der Waals surface area contributed by atoms with E-state index in [2.05, 4.69) is 20.8 Å². The van der Waals surface area contributed by atoms with E-state index in [0.29, 0.717) is 22.2 Å². The summed E-state index contributed by atoms with van der Waals surface area (Å²) in [7, 11) is 1.45. The molecule has 1 atom stereocenters. The number of phenols is 1. The molecule has 9 heteroatoms. The van der Waals surface area contributed by atoms with Gasteiger partial charge in [0.1, 0.15) is 5.25 Å². The Morgan fingerprint density at radius 3 is 2.86 bits per heavy atom. The van der Waals surface area contributed by atoms with Gasteiger partial charge in [-0.15, -0.1) is 5.10 Å². The van der Waals surface area contributed by atoms with Gasteiger partial charge in [-0.3, -0.25) is 9.59 Å². The van der Waals surface area contributed by atoms with E-state index in [9.17, 15) is 14.7 Å². The number of nitrogens with zero attached hydrogens (tertiary/aromatic N) is 2. The Balaban J connectivity index is 1.57. The number of hydrogen-bond acceptors (Lipinski definition) is 7. The standard InChI is InChI=1S/C19H18N4O4S/c1-27-15-9-12(7-8-14(15)24)11-20-23-19-22-18(26)16(28-19)10-17(25)21-13-5-3-2-4-6-13/h2-9,11,16,24H,10H2,1H3,(H,21,25)(H,22,23,26)/b20-11-/t16-/m1/s1. The highest BCUT2D eigenvalue weighted by Crippen LogP contribution is 2.26. The summed E-state index contributed by atoms with van der Waals surface area (Å²) in [5.74, 6) is -0.181. The zero-order valence-corrected chi connectivity index (χ0v) is 15.8. The fourth-order valence-corrected chi connectivity index (χ4v) is 3.33. The second-order valence-corrected chi connectivity index (χ2v) is 6.99. The van der Waals surface area contributed by atoms with Crippen LogP contribution in [0, 0.1) is 0 Å². The van der Waals surface area contributed by atoms with Gasteiger partial charge in [-0.05, 0) is 35.9 Å². The van der Waals surface area contributed by atoms with Gasteiger partial charge in [0.15, 0.2) is 16.7 Å². The molecule has 0 saturated carbocycles. The summed E-state index contributed by atoms with van der Waals surface area (Å²) in [4.78, 5) is 24.1. The Morgan fingerprint density at radius 1 is 1.32 bits per heavy atom. The Bertz CT molecular complexity index is 931. The molecule has 2 aromatic rings. The first kappa shape index (κ1) is 19.4. The Labute approximate surface area is 165 Å². The molecular formula is C19H18N4O4S. The Hall–Kier alpha value is -3.33. The molecule has 0 unspecified atom stereocenters. The maximum Gasteiger partial charge on any atom is 0.240 e. The van der Waals surface area contributed by atoms with Crippen LogP contribution in [0.25, 0.3) is 0 Å². The largest absolute Gasteiger partial charge is 0.504 e. The number of amidine groups is 1. The molecule has 1 aliphatic rings. The number of ether oxygens (including phenoxy) is 1. The van der Waals surface area contributed by atoms with Crippen molar-refractivity contribution in [2.45, 2.75) is 11.7 Å². The third kappa shape index (κ3) is 5.10. The number of anilines is 1. The van der Waals surface area contributed by atoms with Crippen LogP contribution in [0.4, 0.5) is 5.69 Å². The molecule has 1 fully saturated rings. The number of methoxy groups -OCH3 is 1. The molecule has 1 saturated heterocycles. The lowest BCUT2D eigenvalue weighted by Crippen LogP contribution is -2.28. The van der Waals surface area contributed by atoms with E-state index in [-0.39, 0.29) is 24.0 Å². The smallest absolute Gasteiger partial charge is 0.240 e. The zero-order chi connectivity index (χ0) is 19.9. The molecule has 28 heavy (non-hydrogen) atoms. The number of para-hydroxylation sites is 1. The summed E-state index contributed by atoms with van der Waals surface area (Å²) in [6.45, 7) is 0. The van der Waals surface area contributed by atoms with Crippen LogP contribution in [-0.4, -0.2) is 40.7 Å². The van der Waals surface area contributed by atoms with Crippen molar-refractivity contribution < 1.29 is 19.4 Å². The molecule has 1 heterocycles. The molecule has 3 N–H and O–H groups in total. The normalized spacial score (nSPS) is 17.7. The van der Waals surface area contributed by atoms with Gasteiger partial charge in [-0.2, -0.15) is 5.10 Å². The molecule has 144 valence electrons. The van der Waals surface area contributed by atoms with Gasteiger partial charge in [0, 0.05) is 12.1 Å². The van der Waals surface area contributed by atoms with Gasteiger partial charge in [-0.25, -0.2) is 0 Å². The molecule has 2 aromatic carbocycles.